The van der Waals surface area contributed by atoms with E-state index < -0.39 is 0 Å². The fourth-order valence-corrected chi connectivity index (χ4v) is 3.01. The summed E-state index contributed by atoms with van der Waals surface area (Å²) in [7, 11) is 0. The Morgan fingerprint density at radius 1 is 1.22 bits per heavy atom. The van der Waals surface area contributed by atoms with Crippen molar-refractivity contribution in [3.63, 3.8) is 0 Å². The molecule has 90 valence electrons. The summed E-state index contributed by atoms with van der Waals surface area (Å²) >= 11 is 4.64. The molecule has 0 unspecified atom stereocenters. The first-order valence-electron chi connectivity index (χ1n) is 5.12. The van der Waals surface area contributed by atoms with Crippen molar-refractivity contribution >= 4 is 44.0 Å². The third-order valence-electron chi connectivity index (χ3n) is 2.50. The minimum atomic E-state index is -0.346. The molecule has 2 nitrogen and oxygen atoms in total. The number of carbonyl (C=O) groups excluding carboxylic acids is 1. The molecule has 3 aromatic rings. The Bertz CT molecular complexity index is 744. The van der Waals surface area contributed by atoms with E-state index in [1.165, 1.54) is 29.5 Å². The number of furan rings is 1. The van der Waals surface area contributed by atoms with Crippen molar-refractivity contribution in [3.05, 3.63) is 56.6 Å². The molecule has 0 aliphatic rings. The van der Waals surface area contributed by atoms with Crippen molar-refractivity contribution in [3.8, 4) is 0 Å². The van der Waals surface area contributed by atoms with Gasteiger partial charge in [0.05, 0.1) is 8.66 Å². The van der Waals surface area contributed by atoms with Crippen LogP contribution in [0.2, 0.25) is 0 Å². The zero-order valence-corrected chi connectivity index (χ0v) is 11.3. The predicted octanol–water partition coefficient (Wildman–Crippen LogP) is 4.63. The minimum absolute atomic E-state index is 0.192. The van der Waals surface area contributed by atoms with Gasteiger partial charge in [-0.3, -0.25) is 4.79 Å². The van der Waals surface area contributed by atoms with Gasteiger partial charge in [0.2, 0.25) is 5.78 Å². The van der Waals surface area contributed by atoms with Gasteiger partial charge in [0.1, 0.15) is 11.4 Å². The van der Waals surface area contributed by atoms with E-state index in [1.54, 1.807) is 18.2 Å². The summed E-state index contributed by atoms with van der Waals surface area (Å²) in [5.74, 6) is -0.312. The first-order chi connectivity index (χ1) is 8.63. The molecule has 0 bridgehead atoms. The number of benzene rings is 1. The molecule has 1 aromatic carbocycles. The van der Waals surface area contributed by atoms with E-state index in [-0.39, 0.29) is 17.4 Å². The lowest BCUT2D eigenvalue weighted by atomic mass is 10.2. The van der Waals surface area contributed by atoms with Gasteiger partial charge in [-0.15, -0.1) is 11.3 Å². The smallest absolute Gasteiger partial charge is 0.238 e. The van der Waals surface area contributed by atoms with Crippen LogP contribution >= 0.6 is 27.3 Å². The van der Waals surface area contributed by atoms with Gasteiger partial charge < -0.3 is 4.42 Å². The lowest BCUT2D eigenvalue weighted by molar-refractivity contribution is 0.101. The highest BCUT2D eigenvalue weighted by molar-refractivity contribution is 9.11. The van der Waals surface area contributed by atoms with Gasteiger partial charge in [0.25, 0.3) is 0 Å². The van der Waals surface area contributed by atoms with Crippen molar-refractivity contribution in [2.75, 3.05) is 0 Å². The summed E-state index contributed by atoms with van der Waals surface area (Å²) in [6, 6.07) is 9.27. The van der Waals surface area contributed by atoms with Crippen LogP contribution < -0.4 is 0 Å². The summed E-state index contributed by atoms with van der Waals surface area (Å²) < 4.78 is 19.3. The van der Waals surface area contributed by atoms with Crippen LogP contribution in [0.1, 0.15) is 15.4 Å². The van der Waals surface area contributed by atoms with E-state index in [9.17, 15) is 9.18 Å². The third kappa shape index (κ3) is 2.00. The Morgan fingerprint density at radius 3 is 2.78 bits per heavy atom. The summed E-state index contributed by atoms with van der Waals surface area (Å²) in [4.78, 5) is 12.7. The molecular formula is C13H6BrFO2S. The van der Waals surface area contributed by atoms with Crippen LogP contribution in [0.5, 0.6) is 0 Å². The Morgan fingerprint density at radius 2 is 2.06 bits per heavy atom. The normalized spacial score (nSPS) is 11.0. The second kappa shape index (κ2) is 4.33. The second-order valence-corrected chi connectivity index (χ2v) is 6.19. The van der Waals surface area contributed by atoms with E-state index in [2.05, 4.69) is 15.9 Å². The quantitative estimate of drug-likeness (QED) is 0.643. The highest BCUT2D eigenvalue weighted by Crippen LogP contribution is 2.27. The monoisotopic (exact) mass is 324 g/mol. The second-order valence-electron chi connectivity index (χ2n) is 3.73. The fourth-order valence-electron chi connectivity index (χ4n) is 1.68. The molecule has 2 heterocycles. The van der Waals surface area contributed by atoms with Crippen LogP contribution in [0, 0.1) is 5.82 Å². The number of rotatable bonds is 2. The molecule has 0 saturated heterocycles. The highest BCUT2D eigenvalue weighted by Gasteiger charge is 2.16. The molecule has 0 aliphatic carbocycles. The van der Waals surface area contributed by atoms with Crippen LogP contribution in [-0.2, 0) is 0 Å². The molecular weight excluding hydrogens is 319 g/mol. The van der Waals surface area contributed by atoms with Crippen molar-refractivity contribution in [1.29, 1.82) is 0 Å². The average Bonchev–Trinajstić information content (AvgIpc) is 2.93. The largest absolute Gasteiger partial charge is 0.453 e. The van der Waals surface area contributed by atoms with Crippen LogP contribution in [0.3, 0.4) is 0 Å². The Labute approximate surface area is 114 Å². The van der Waals surface area contributed by atoms with E-state index in [1.807, 2.05) is 0 Å². The summed E-state index contributed by atoms with van der Waals surface area (Å²) in [5, 5.41) is 0.592. The minimum Gasteiger partial charge on any atom is -0.453 e. The molecule has 0 saturated carbocycles. The van der Waals surface area contributed by atoms with Crippen LogP contribution in [0.4, 0.5) is 4.39 Å². The first kappa shape index (κ1) is 11.6. The molecule has 0 N–H and O–H groups in total. The third-order valence-corrected chi connectivity index (χ3v) is 4.12. The summed E-state index contributed by atoms with van der Waals surface area (Å²) in [6.07, 6.45) is 0. The Hall–Kier alpha value is -1.46. The van der Waals surface area contributed by atoms with Crippen molar-refractivity contribution in [1.82, 2.24) is 0 Å². The van der Waals surface area contributed by atoms with Crippen molar-refractivity contribution in [2.24, 2.45) is 0 Å². The molecule has 0 fully saturated rings. The lowest BCUT2D eigenvalue weighted by Crippen LogP contribution is -1.95. The van der Waals surface area contributed by atoms with Gasteiger partial charge in [-0.2, -0.15) is 0 Å². The molecule has 3 rings (SSSR count). The van der Waals surface area contributed by atoms with Gasteiger partial charge >= 0.3 is 0 Å². The molecule has 5 heteroatoms. The van der Waals surface area contributed by atoms with Crippen molar-refractivity contribution in [2.45, 2.75) is 0 Å². The molecule has 0 atom stereocenters. The molecule has 18 heavy (non-hydrogen) atoms. The van der Waals surface area contributed by atoms with Crippen molar-refractivity contribution < 1.29 is 13.6 Å². The Balaban J connectivity index is 2.06. The van der Waals surface area contributed by atoms with Gasteiger partial charge in [-0.1, -0.05) is 0 Å². The van der Waals surface area contributed by atoms with Crippen LogP contribution in [-0.4, -0.2) is 5.78 Å². The predicted molar refractivity (Wildman–Crippen MR) is 71.6 cm³/mol. The lowest BCUT2D eigenvalue weighted by Gasteiger charge is -1.90. The number of ketones is 1. The SMILES string of the molecule is O=C(c1cc2cc(F)ccc2o1)c1ccc(Br)s1. The topological polar surface area (TPSA) is 30.2 Å². The number of halogens is 2. The van der Waals surface area contributed by atoms with E-state index >= 15 is 0 Å². The zero-order valence-electron chi connectivity index (χ0n) is 8.94. The van der Waals surface area contributed by atoms with Gasteiger partial charge in [0, 0.05) is 5.39 Å². The number of hydrogen-bond donors (Lipinski definition) is 0. The maximum atomic E-state index is 13.0. The van der Waals surface area contributed by atoms with Crippen LogP contribution in [0.25, 0.3) is 11.0 Å². The maximum absolute atomic E-state index is 13.0. The molecule has 0 radical (unpaired) electrons. The molecule has 0 amide bonds. The zero-order chi connectivity index (χ0) is 12.7. The molecule has 0 spiro atoms. The fraction of sp³-hybridized carbons (Fsp3) is 0. The first-order valence-corrected chi connectivity index (χ1v) is 6.73. The number of thiophene rings is 1. The van der Waals surface area contributed by atoms with Gasteiger partial charge in [-0.25, -0.2) is 4.39 Å². The average molecular weight is 325 g/mol. The standard InChI is InChI=1S/C13H6BrFO2S/c14-12-4-3-11(18-12)13(16)10-6-7-5-8(15)1-2-9(7)17-10/h1-6H. The number of carbonyl (C=O) groups is 1. The molecule has 2 aromatic heterocycles. The number of hydrogen-bond acceptors (Lipinski definition) is 3. The summed E-state index contributed by atoms with van der Waals surface area (Å²) in [6.45, 7) is 0. The van der Waals surface area contributed by atoms with E-state index in [0.717, 1.165) is 3.79 Å². The van der Waals surface area contributed by atoms with Gasteiger partial charge in [0.15, 0.2) is 5.76 Å². The summed E-state index contributed by atoms with van der Waals surface area (Å²) in [5.41, 5.74) is 0.510. The molecule has 0 aliphatic heterocycles. The highest BCUT2D eigenvalue weighted by atomic mass is 79.9. The van der Waals surface area contributed by atoms with E-state index in [0.29, 0.717) is 15.8 Å². The van der Waals surface area contributed by atoms with Crippen LogP contribution in [0.15, 0.2) is 44.6 Å². The van der Waals surface area contributed by atoms with Gasteiger partial charge in [-0.05, 0) is 52.3 Å². The number of fused-ring (bicyclic) bond motifs is 1. The van der Waals surface area contributed by atoms with E-state index in [4.69, 9.17) is 4.42 Å². The Kier molecular flexibility index (Phi) is 2.80. The maximum Gasteiger partial charge on any atom is 0.238 e.